The van der Waals surface area contributed by atoms with E-state index in [0.29, 0.717) is 5.92 Å². The average molecular weight is 307 g/mol. The van der Waals surface area contributed by atoms with Gasteiger partial charge in [0.25, 0.3) is 0 Å². The summed E-state index contributed by atoms with van der Waals surface area (Å²) in [7, 11) is 0. The van der Waals surface area contributed by atoms with E-state index in [-0.39, 0.29) is 11.8 Å². The topological polar surface area (TPSA) is 68.0 Å². The molecule has 0 spiro atoms. The zero-order valence-corrected chi connectivity index (χ0v) is 13.6. The molecule has 2 aromatic rings. The maximum atomic E-state index is 10.9. The van der Waals surface area contributed by atoms with Crippen LogP contribution in [0.5, 0.6) is 0 Å². The van der Waals surface area contributed by atoms with Crippen LogP contribution in [0.15, 0.2) is 17.4 Å². The van der Waals surface area contributed by atoms with Crippen molar-refractivity contribution >= 4 is 28.9 Å². The van der Waals surface area contributed by atoms with Crippen molar-refractivity contribution < 1.29 is 9.90 Å². The van der Waals surface area contributed by atoms with Crippen molar-refractivity contribution in [1.29, 1.82) is 0 Å². The van der Waals surface area contributed by atoms with Crippen molar-refractivity contribution in [2.75, 3.05) is 5.75 Å². The van der Waals surface area contributed by atoms with E-state index in [1.165, 1.54) is 11.8 Å². The van der Waals surface area contributed by atoms with Gasteiger partial charge in [0.2, 0.25) is 0 Å². The van der Waals surface area contributed by atoms with Crippen molar-refractivity contribution in [1.82, 2.24) is 14.5 Å². The van der Waals surface area contributed by atoms with E-state index in [4.69, 9.17) is 5.11 Å². The summed E-state index contributed by atoms with van der Waals surface area (Å²) >= 11 is 1.26. The van der Waals surface area contributed by atoms with E-state index in [0.717, 1.165) is 28.3 Å². The fourth-order valence-electron chi connectivity index (χ4n) is 2.57. The van der Waals surface area contributed by atoms with E-state index in [9.17, 15) is 4.79 Å². The molecule has 0 saturated heterocycles. The molecule has 0 bridgehead atoms. The Kier molecular flexibility index (Phi) is 4.88. The van der Waals surface area contributed by atoms with Crippen molar-refractivity contribution in [3.05, 3.63) is 17.8 Å². The second-order valence-electron chi connectivity index (χ2n) is 5.47. The van der Waals surface area contributed by atoms with E-state index in [2.05, 4.69) is 35.3 Å². The molecule has 2 heterocycles. The Labute approximate surface area is 128 Å². The van der Waals surface area contributed by atoms with Gasteiger partial charge in [-0.15, -0.1) is 0 Å². The molecule has 2 rings (SSSR count). The van der Waals surface area contributed by atoms with Crippen LogP contribution in [0.4, 0.5) is 0 Å². The molecular weight excluding hydrogens is 286 g/mol. The van der Waals surface area contributed by atoms with Gasteiger partial charge in [-0.25, -0.2) is 9.97 Å². The number of hydrogen-bond donors (Lipinski definition) is 1. The van der Waals surface area contributed by atoms with Gasteiger partial charge in [-0.1, -0.05) is 32.5 Å². The molecule has 1 atom stereocenters. The van der Waals surface area contributed by atoms with Gasteiger partial charge in [0.1, 0.15) is 5.52 Å². The van der Waals surface area contributed by atoms with Crippen LogP contribution >= 0.6 is 11.8 Å². The molecule has 0 saturated carbocycles. The number of carboxylic acid groups (broad SMARTS) is 1. The fourth-order valence-corrected chi connectivity index (χ4v) is 3.34. The number of carbonyl (C=O) groups is 1. The van der Waals surface area contributed by atoms with E-state index in [1.54, 1.807) is 6.20 Å². The predicted octanol–water partition coefficient (Wildman–Crippen LogP) is 3.52. The minimum absolute atomic E-state index is 0.0108. The Morgan fingerprint density at radius 3 is 2.76 bits per heavy atom. The van der Waals surface area contributed by atoms with Crippen LogP contribution in [0.1, 0.15) is 38.8 Å². The summed E-state index contributed by atoms with van der Waals surface area (Å²) in [6.45, 7) is 8.48. The van der Waals surface area contributed by atoms with Crippen LogP contribution in [-0.2, 0) is 4.79 Å². The first-order valence-electron chi connectivity index (χ1n) is 7.13. The monoisotopic (exact) mass is 307 g/mol. The molecule has 2 aromatic heterocycles. The van der Waals surface area contributed by atoms with Crippen molar-refractivity contribution in [2.24, 2.45) is 5.92 Å². The second kappa shape index (κ2) is 6.47. The molecule has 1 unspecified atom stereocenters. The lowest BCUT2D eigenvalue weighted by Crippen LogP contribution is -2.16. The standard InChI is InChI=1S/C15H21N3O2S/c1-5-11(9(2)3)18-14-13(10(4)6-7-16-14)17-15(18)21-8-12(19)20/h6-7,9,11H,5,8H2,1-4H3,(H,19,20). The second-order valence-corrected chi connectivity index (χ2v) is 6.41. The zero-order chi connectivity index (χ0) is 15.6. The minimum Gasteiger partial charge on any atom is -0.481 e. The maximum Gasteiger partial charge on any atom is 0.313 e. The Hall–Kier alpha value is -1.56. The Morgan fingerprint density at radius 1 is 1.48 bits per heavy atom. The normalized spacial score (nSPS) is 13.0. The third-order valence-electron chi connectivity index (χ3n) is 3.59. The molecule has 0 amide bonds. The number of carboxylic acids is 1. The quantitative estimate of drug-likeness (QED) is 0.827. The van der Waals surface area contributed by atoms with Gasteiger partial charge in [0.05, 0.1) is 5.75 Å². The molecule has 21 heavy (non-hydrogen) atoms. The summed E-state index contributed by atoms with van der Waals surface area (Å²) in [6, 6.07) is 2.20. The summed E-state index contributed by atoms with van der Waals surface area (Å²) < 4.78 is 2.11. The highest BCUT2D eigenvalue weighted by Gasteiger charge is 2.22. The SMILES string of the molecule is CCC(C(C)C)n1c(SCC(=O)O)nc2c(C)ccnc21. The molecule has 0 fully saturated rings. The number of imidazole rings is 1. The number of rotatable bonds is 6. The number of nitrogens with zero attached hydrogens (tertiary/aromatic N) is 3. The van der Waals surface area contributed by atoms with Crippen LogP contribution in [0, 0.1) is 12.8 Å². The molecule has 0 radical (unpaired) electrons. The number of aryl methyl sites for hydroxylation is 1. The lowest BCUT2D eigenvalue weighted by Gasteiger charge is -2.23. The first kappa shape index (κ1) is 15.8. The maximum absolute atomic E-state index is 10.9. The smallest absolute Gasteiger partial charge is 0.313 e. The number of aliphatic carboxylic acids is 1. The molecule has 0 aliphatic rings. The molecule has 114 valence electrons. The first-order chi connectivity index (χ1) is 9.95. The highest BCUT2D eigenvalue weighted by atomic mass is 32.2. The van der Waals surface area contributed by atoms with E-state index in [1.807, 2.05) is 13.0 Å². The Bertz CT molecular complexity index is 652. The molecule has 0 aliphatic heterocycles. The number of aromatic nitrogens is 3. The van der Waals surface area contributed by atoms with E-state index >= 15 is 0 Å². The van der Waals surface area contributed by atoms with Gasteiger partial charge in [0, 0.05) is 12.2 Å². The highest BCUT2D eigenvalue weighted by molar-refractivity contribution is 7.99. The third kappa shape index (κ3) is 3.20. The first-order valence-corrected chi connectivity index (χ1v) is 8.12. The van der Waals surface area contributed by atoms with Gasteiger partial charge >= 0.3 is 5.97 Å². The summed E-state index contributed by atoms with van der Waals surface area (Å²) in [5.41, 5.74) is 2.78. The number of pyridine rings is 1. The fraction of sp³-hybridized carbons (Fsp3) is 0.533. The van der Waals surface area contributed by atoms with Gasteiger partial charge in [-0.3, -0.25) is 4.79 Å². The molecule has 6 heteroatoms. The average Bonchev–Trinajstić information content (AvgIpc) is 2.77. The predicted molar refractivity (Wildman–Crippen MR) is 84.8 cm³/mol. The summed E-state index contributed by atoms with van der Waals surface area (Å²) in [5.74, 6) is -0.392. The van der Waals surface area contributed by atoms with Crippen LogP contribution in [0.3, 0.4) is 0 Å². The zero-order valence-electron chi connectivity index (χ0n) is 12.8. The van der Waals surface area contributed by atoms with Crippen LogP contribution in [0.2, 0.25) is 0 Å². The van der Waals surface area contributed by atoms with Crippen molar-refractivity contribution in [3.8, 4) is 0 Å². The third-order valence-corrected chi connectivity index (χ3v) is 4.53. The Balaban J connectivity index is 2.59. The van der Waals surface area contributed by atoms with Crippen LogP contribution in [-0.4, -0.2) is 31.4 Å². The molecule has 0 aliphatic carbocycles. The molecule has 0 aromatic carbocycles. The summed E-state index contributed by atoms with van der Waals surface area (Å²) in [4.78, 5) is 20.0. The van der Waals surface area contributed by atoms with E-state index < -0.39 is 5.97 Å². The Morgan fingerprint density at radius 2 is 2.19 bits per heavy atom. The molecule has 1 N–H and O–H groups in total. The van der Waals surface area contributed by atoms with Crippen molar-refractivity contribution in [2.45, 2.75) is 45.3 Å². The largest absolute Gasteiger partial charge is 0.481 e. The molecular formula is C15H21N3O2S. The summed E-state index contributed by atoms with van der Waals surface area (Å²) in [6.07, 6.45) is 2.74. The highest BCUT2D eigenvalue weighted by Crippen LogP contribution is 2.32. The number of thioether (sulfide) groups is 1. The lowest BCUT2D eigenvalue weighted by molar-refractivity contribution is -0.133. The van der Waals surface area contributed by atoms with Gasteiger partial charge < -0.3 is 9.67 Å². The lowest BCUT2D eigenvalue weighted by atomic mass is 10.0. The number of hydrogen-bond acceptors (Lipinski definition) is 4. The summed E-state index contributed by atoms with van der Waals surface area (Å²) in [5, 5.41) is 9.67. The van der Waals surface area contributed by atoms with Crippen LogP contribution in [0.25, 0.3) is 11.2 Å². The molecule has 5 nitrogen and oxygen atoms in total. The van der Waals surface area contributed by atoms with Crippen molar-refractivity contribution in [3.63, 3.8) is 0 Å². The van der Waals surface area contributed by atoms with Gasteiger partial charge in [-0.05, 0) is 30.9 Å². The minimum atomic E-state index is -0.833. The van der Waals surface area contributed by atoms with Crippen LogP contribution < -0.4 is 0 Å². The van der Waals surface area contributed by atoms with Gasteiger partial charge in [0.15, 0.2) is 10.8 Å². The van der Waals surface area contributed by atoms with Gasteiger partial charge in [-0.2, -0.15) is 0 Å². The number of fused-ring (bicyclic) bond motifs is 1.